The van der Waals surface area contributed by atoms with Crippen LogP contribution in [0.4, 0.5) is 5.69 Å². The monoisotopic (exact) mass is 549 g/mol. The van der Waals surface area contributed by atoms with E-state index in [1.807, 2.05) is 41.8 Å². The third-order valence-corrected chi connectivity index (χ3v) is 8.60. The summed E-state index contributed by atoms with van der Waals surface area (Å²) in [4.78, 5) is 18.1. The second-order valence-corrected chi connectivity index (χ2v) is 11.5. The molecule has 0 bridgehead atoms. The van der Waals surface area contributed by atoms with Crippen molar-refractivity contribution in [2.24, 2.45) is 0 Å². The molecule has 0 radical (unpaired) electrons. The van der Waals surface area contributed by atoms with Crippen molar-refractivity contribution in [3.63, 3.8) is 0 Å². The first-order valence-corrected chi connectivity index (χ1v) is 14.6. The van der Waals surface area contributed by atoms with Gasteiger partial charge in [0.15, 0.2) is 0 Å². The van der Waals surface area contributed by atoms with Crippen LogP contribution < -0.4 is 10.1 Å². The first-order valence-electron chi connectivity index (χ1n) is 13.3. The van der Waals surface area contributed by atoms with Crippen molar-refractivity contribution < 1.29 is 9.53 Å². The Kier molecular flexibility index (Phi) is 7.39. The van der Waals surface area contributed by atoms with Gasteiger partial charge in [0, 0.05) is 29.7 Å². The lowest BCUT2D eigenvalue weighted by atomic mass is 10.1. The average Bonchev–Trinajstić information content (AvgIpc) is 3.70. The van der Waals surface area contributed by atoms with Crippen LogP contribution in [0, 0.1) is 0 Å². The van der Waals surface area contributed by atoms with Gasteiger partial charge in [-0.05, 0) is 105 Å². The molecule has 7 nitrogen and oxygen atoms in total. The van der Waals surface area contributed by atoms with Crippen LogP contribution >= 0.6 is 22.9 Å². The number of hydrogen-bond acceptors (Lipinski definition) is 6. The Bertz CT molecular complexity index is 1410. The summed E-state index contributed by atoms with van der Waals surface area (Å²) < 4.78 is 6.21. The summed E-state index contributed by atoms with van der Waals surface area (Å²) >= 11 is 8.28. The highest BCUT2D eigenvalue weighted by Gasteiger charge is 2.30. The molecule has 2 fully saturated rings. The first kappa shape index (κ1) is 25.4. The normalized spacial score (nSPS) is 18.2. The van der Waals surface area contributed by atoms with Gasteiger partial charge in [-0.2, -0.15) is 16.4 Å². The van der Waals surface area contributed by atoms with Crippen molar-refractivity contribution in [1.82, 2.24) is 20.0 Å². The molecular weight excluding hydrogens is 518 g/mol. The van der Waals surface area contributed by atoms with E-state index in [2.05, 4.69) is 43.8 Å². The number of nitrogens with zero attached hydrogens (tertiary/aromatic N) is 3. The van der Waals surface area contributed by atoms with Gasteiger partial charge >= 0.3 is 0 Å². The van der Waals surface area contributed by atoms with Gasteiger partial charge in [-0.25, -0.2) is 0 Å². The second kappa shape index (κ2) is 11.1. The lowest BCUT2D eigenvalue weighted by Gasteiger charge is -2.29. The Morgan fingerprint density at radius 2 is 1.95 bits per heavy atom. The summed E-state index contributed by atoms with van der Waals surface area (Å²) in [5, 5.41) is 16.5. The third kappa shape index (κ3) is 5.31. The predicted molar refractivity (Wildman–Crippen MR) is 154 cm³/mol. The van der Waals surface area contributed by atoms with Gasteiger partial charge in [0.25, 0.3) is 0 Å². The highest BCUT2D eigenvalue weighted by atomic mass is 35.5. The van der Waals surface area contributed by atoms with Crippen molar-refractivity contribution in [2.75, 3.05) is 38.5 Å². The number of benzene rings is 2. The number of aromatic amines is 1. The summed E-state index contributed by atoms with van der Waals surface area (Å²) in [6, 6.07) is 13.5. The summed E-state index contributed by atoms with van der Waals surface area (Å²) in [6.07, 6.45) is 4.44. The molecule has 2 aliphatic heterocycles. The first-order chi connectivity index (χ1) is 18.5. The van der Waals surface area contributed by atoms with Crippen LogP contribution in [0.15, 0.2) is 53.2 Å². The Labute approximate surface area is 231 Å². The minimum atomic E-state index is -0.279. The Balaban J connectivity index is 1.22. The van der Waals surface area contributed by atoms with E-state index in [0.29, 0.717) is 10.8 Å². The standard InChI is InChI=1S/C29H32ClN5O2S/c1-34-13-8-22(9-14-34)37-26-7-4-19(16-24(26)30)27-23-17-21(5-6-25(23)32-33-27)31-29(36)28(20-10-15-38-18-20)35-11-2-3-12-35/h4-7,10,15-18,22,28H,2-3,8-9,11-14H2,1H3,(H,31,36)(H,32,33). The minimum absolute atomic E-state index is 0.00634. The van der Waals surface area contributed by atoms with Gasteiger partial charge in [0.1, 0.15) is 23.6 Å². The molecule has 2 aliphatic rings. The zero-order valence-corrected chi connectivity index (χ0v) is 23.0. The van der Waals surface area contributed by atoms with Crippen molar-refractivity contribution >= 4 is 45.4 Å². The van der Waals surface area contributed by atoms with Crippen LogP contribution in [-0.4, -0.2) is 65.2 Å². The molecule has 0 spiro atoms. The quantitative estimate of drug-likeness (QED) is 0.287. The van der Waals surface area contributed by atoms with Crippen LogP contribution in [0.3, 0.4) is 0 Å². The van der Waals surface area contributed by atoms with E-state index in [1.54, 1.807) is 11.3 Å². The Morgan fingerprint density at radius 1 is 1.13 bits per heavy atom. The van der Waals surface area contributed by atoms with Gasteiger partial charge in [-0.1, -0.05) is 11.6 Å². The number of ether oxygens (including phenoxy) is 1. The van der Waals surface area contributed by atoms with Crippen LogP contribution in [0.1, 0.15) is 37.3 Å². The fourth-order valence-corrected chi connectivity index (χ4v) is 6.41. The molecule has 38 heavy (non-hydrogen) atoms. The van der Waals surface area contributed by atoms with Gasteiger partial charge in [0.05, 0.1) is 10.5 Å². The molecule has 1 amide bonds. The molecule has 4 heterocycles. The molecule has 2 aromatic carbocycles. The summed E-state index contributed by atoms with van der Waals surface area (Å²) in [7, 11) is 2.14. The molecule has 2 aromatic heterocycles. The molecule has 198 valence electrons. The smallest absolute Gasteiger partial charge is 0.246 e. The number of nitrogens with one attached hydrogen (secondary N) is 2. The summed E-state index contributed by atoms with van der Waals surface area (Å²) in [5.41, 5.74) is 4.38. The second-order valence-electron chi connectivity index (χ2n) is 10.3. The van der Waals surface area contributed by atoms with Gasteiger partial charge < -0.3 is 15.0 Å². The number of fused-ring (bicyclic) bond motifs is 1. The van der Waals surface area contributed by atoms with Gasteiger partial charge in [0.2, 0.25) is 5.91 Å². The number of carbonyl (C=O) groups is 1. The number of likely N-dealkylation sites (tertiary alicyclic amines) is 2. The van der Waals surface area contributed by atoms with Crippen molar-refractivity contribution in [3.8, 4) is 17.0 Å². The Hall–Kier alpha value is -2.91. The lowest BCUT2D eigenvalue weighted by molar-refractivity contribution is -0.121. The van der Waals surface area contributed by atoms with Crippen LogP contribution in [0.2, 0.25) is 5.02 Å². The molecule has 2 N–H and O–H groups in total. The average molecular weight is 550 g/mol. The number of hydrogen-bond donors (Lipinski definition) is 2. The van der Waals surface area contributed by atoms with Crippen molar-refractivity contribution in [2.45, 2.75) is 37.8 Å². The van der Waals surface area contributed by atoms with E-state index >= 15 is 0 Å². The predicted octanol–water partition coefficient (Wildman–Crippen LogP) is 6.19. The van der Waals surface area contributed by atoms with Crippen LogP contribution in [0.25, 0.3) is 22.2 Å². The zero-order chi connectivity index (χ0) is 26.1. The number of rotatable bonds is 7. The molecule has 0 saturated carbocycles. The van der Waals surface area contributed by atoms with Gasteiger partial charge in [-0.3, -0.25) is 14.8 Å². The topological polar surface area (TPSA) is 73.5 Å². The lowest BCUT2D eigenvalue weighted by Crippen LogP contribution is -2.35. The maximum atomic E-state index is 13.5. The molecule has 2 saturated heterocycles. The number of H-pyrrole nitrogens is 1. The highest BCUT2D eigenvalue weighted by molar-refractivity contribution is 7.08. The molecular formula is C29H32ClN5O2S. The summed E-state index contributed by atoms with van der Waals surface area (Å²) in [5.74, 6) is 0.701. The number of aromatic nitrogens is 2. The largest absolute Gasteiger partial charge is 0.489 e. The number of amides is 1. The summed E-state index contributed by atoms with van der Waals surface area (Å²) in [6.45, 7) is 3.95. The van der Waals surface area contributed by atoms with Crippen LogP contribution in [-0.2, 0) is 4.79 Å². The van der Waals surface area contributed by atoms with Crippen molar-refractivity contribution in [3.05, 3.63) is 63.8 Å². The zero-order valence-electron chi connectivity index (χ0n) is 21.5. The SMILES string of the molecule is CN1CCC(Oc2ccc(-c3n[nH]c4ccc(NC(=O)C(c5ccsc5)N5CCCC5)cc34)cc2Cl)CC1. The molecule has 6 rings (SSSR count). The maximum absolute atomic E-state index is 13.5. The third-order valence-electron chi connectivity index (χ3n) is 7.61. The van der Waals surface area contributed by atoms with Crippen LogP contribution in [0.5, 0.6) is 5.75 Å². The highest BCUT2D eigenvalue weighted by Crippen LogP contribution is 2.35. The van der Waals surface area contributed by atoms with E-state index in [0.717, 1.165) is 85.3 Å². The minimum Gasteiger partial charge on any atom is -0.489 e. The number of thiophene rings is 1. The fourth-order valence-electron chi connectivity index (χ4n) is 5.51. The maximum Gasteiger partial charge on any atom is 0.246 e. The van der Waals surface area contributed by atoms with E-state index < -0.39 is 0 Å². The van der Waals surface area contributed by atoms with Gasteiger partial charge in [-0.15, -0.1) is 0 Å². The van der Waals surface area contributed by atoms with E-state index in [-0.39, 0.29) is 18.1 Å². The Morgan fingerprint density at radius 3 is 2.68 bits per heavy atom. The van der Waals surface area contributed by atoms with E-state index in [4.69, 9.17) is 16.3 Å². The molecule has 0 aliphatic carbocycles. The molecule has 1 atom stereocenters. The number of anilines is 1. The number of piperidine rings is 1. The molecule has 4 aromatic rings. The number of halogens is 1. The molecule has 1 unspecified atom stereocenters. The van der Waals surface area contributed by atoms with E-state index in [1.165, 1.54) is 0 Å². The molecule has 9 heteroatoms. The van der Waals surface area contributed by atoms with E-state index in [9.17, 15) is 4.79 Å². The number of carbonyl (C=O) groups excluding carboxylic acids is 1. The van der Waals surface area contributed by atoms with Crippen molar-refractivity contribution in [1.29, 1.82) is 0 Å². The fraction of sp³-hybridized carbons (Fsp3) is 0.379.